The molecule has 4 rings (SSSR count). The molecule has 0 saturated heterocycles. The number of carboxylic acids is 1. The third-order valence-electron chi connectivity index (χ3n) is 5.82. The minimum absolute atomic E-state index is 0.00430. The average molecular weight is 480 g/mol. The van der Waals surface area contributed by atoms with Crippen LogP contribution in [0.1, 0.15) is 45.1 Å². The zero-order valence-corrected chi connectivity index (χ0v) is 19.4. The van der Waals surface area contributed by atoms with Gasteiger partial charge in [-0.25, -0.2) is 14.6 Å². The summed E-state index contributed by atoms with van der Waals surface area (Å²) in [5, 5.41) is 14.9. The van der Waals surface area contributed by atoms with Gasteiger partial charge in [-0.3, -0.25) is 4.79 Å². The molecule has 3 N–H and O–H groups in total. The zero-order chi connectivity index (χ0) is 24.1. The van der Waals surface area contributed by atoms with Crippen molar-refractivity contribution in [2.45, 2.75) is 25.8 Å². The molecule has 1 heterocycles. The molecule has 3 aromatic rings. The first-order valence-corrected chi connectivity index (χ1v) is 11.8. The first-order valence-electron chi connectivity index (χ1n) is 11.0. The number of amides is 2. The molecule has 0 bridgehead atoms. The van der Waals surface area contributed by atoms with E-state index in [-0.39, 0.29) is 35.8 Å². The fraction of sp³-hybridized carbons (Fsp3) is 0.280. The van der Waals surface area contributed by atoms with Crippen molar-refractivity contribution in [3.8, 4) is 11.1 Å². The normalized spacial score (nSPS) is 13.0. The van der Waals surface area contributed by atoms with Gasteiger partial charge in [-0.05, 0) is 28.7 Å². The molecule has 8 nitrogen and oxygen atoms in total. The van der Waals surface area contributed by atoms with Gasteiger partial charge in [-0.15, -0.1) is 11.3 Å². The van der Waals surface area contributed by atoms with Gasteiger partial charge in [0, 0.05) is 18.4 Å². The molecule has 9 heteroatoms. The quantitative estimate of drug-likeness (QED) is 0.427. The minimum atomic E-state index is -1.04. The number of hydrogen-bond donors (Lipinski definition) is 3. The van der Waals surface area contributed by atoms with Crippen LogP contribution in [0.5, 0.6) is 0 Å². The Morgan fingerprint density at radius 3 is 2.32 bits per heavy atom. The average Bonchev–Trinajstić information content (AvgIpc) is 3.44. The number of hydrogen-bond acceptors (Lipinski definition) is 6. The highest BCUT2D eigenvalue weighted by Gasteiger charge is 2.29. The van der Waals surface area contributed by atoms with E-state index in [1.807, 2.05) is 24.3 Å². The van der Waals surface area contributed by atoms with Crippen molar-refractivity contribution < 1.29 is 24.2 Å². The predicted molar refractivity (Wildman–Crippen MR) is 128 cm³/mol. The largest absolute Gasteiger partial charge is 0.477 e. The molecule has 1 aromatic heterocycles. The van der Waals surface area contributed by atoms with Crippen molar-refractivity contribution in [3.63, 3.8) is 0 Å². The van der Waals surface area contributed by atoms with Crippen molar-refractivity contribution in [2.75, 3.05) is 13.2 Å². The molecule has 0 saturated carbocycles. The Morgan fingerprint density at radius 2 is 1.71 bits per heavy atom. The second kappa shape index (κ2) is 10.5. The van der Waals surface area contributed by atoms with Gasteiger partial charge in [0.2, 0.25) is 5.91 Å². The van der Waals surface area contributed by atoms with E-state index in [4.69, 9.17) is 9.84 Å². The smallest absolute Gasteiger partial charge is 0.407 e. The van der Waals surface area contributed by atoms with Crippen molar-refractivity contribution >= 4 is 29.3 Å². The number of thiazole rings is 1. The molecular weight excluding hydrogens is 454 g/mol. The van der Waals surface area contributed by atoms with E-state index in [2.05, 4.69) is 39.9 Å². The number of nitrogens with zero attached hydrogens (tertiary/aromatic N) is 1. The number of carboxylic acid groups (broad SMARTS) is 1. The lowest BCUT2D eigenvalue weighted by atomic mass is 9.98. The number of carbonyl (C=O) groups is 3. The molecular formula is C25H25N3O5S. The van der Waals surface area contributed by atoms with E-state index in [0.29, 0.717) is 18.0 Å². The van der Waals surface area contributed by atoms with Crippen LogP contribution in [0.25, 0.3) is 11.1 Å². The van der Waals surface area contributed by atoms with Crippen molar-refractivity contribution in [2.24, 2.45) is 5.92 Å². The second-order valence-electron chi connectivity index (χ2n) is 8.08. The predicted octanol–water partition coefficient (Wildman–Crippen LogP) is 4.02. The number of aromatic nitrogens is 1. The number of alkyl carbamates (subject to hydrolysis) is 1. The molecule has 1 unspecified atom stereocenters. The number of aromatic carboxylic acids is 1. The Labute approximate surface area is 201 Å². The Hall–Kier alpha value is -3.72. The van der Waals surface area contributed by atoms with Gasteiger partial charge in [0.25, 0.3) is 0 Å². The van der Waals surface area contributed by atoms with Crippen LogP contribution < -0.4 is 10.6 Å². The maximum Gasteiger partial charge on any atom is 0.407 e. The Kier molecular flexibility index (Phi) is 7.22. The standard InChI is InChI=1S/C25H25N3O5S/c1-15(23(29)28-13-22-27-12-21(34-22)24(30)31)10-11-26-25(32)33-14-20-18-8-4-2-6-16(18)17-7-3-5-9-19(17)20/h2-9,12,15,20H,10-11,13-14H2,1H3,(H,26,32)(H,28,29)(H,30,31). The molecule has 0 fully saturated rings. The van der Waals surface area contributed by atoms with Crippen molar-refractivity contribution in [3.05, 3.63) is 75.7 Å². The summed E-state index contributed by atoms with van der Waals surface area (Å²) in [7, 11) is 0. The number of fused-ring (bicyclic) bond motifs is 3. The summed E-state index contributed by atoms with van der Waals surface area (Å²) >= 11 is 1.02. The maximum absolute atomic E-state index is 12.3. The lowest BCUT2D eigenvalue weighted by molar-refractivity contribution is -0.124. The highest BCUT2D eigenvalue weighted by molar-refractivity contribution is 7.13. The summed E-state index contributed by atoms with van der Waals surface area (Å²) in [6.07, 6.45) is 1.20. The van der Waals surface area contributed by atoms with Crippen LogP contribution in [-0.4, -0.2) is 41.2 Å². The van der Waals surface area contributed by atoms with Crippen molar-refractivity contribution in [1.82, 2.24) is 15.6 Å². The number of nitrogens with one attached hydrogen (secondary N) is 2. The van der Waals surface area contributed by atoms with Crippen LogP contribution in [0.3, 0.4) is 0 Å². The highest BCUT2D eigenvalue weighted by atomic mass is 32.1. The second-order valence-corrected chi connectivity index (χ2v) is 9.20. The molecule has 1 aliphatic carbocycles. The van der Waals surface area contributed by atoms with E-state index in [0.717, 1.165) is 22.5 Å². The van der Waals surface area contributed by atoms with Crippen LogP contribution in [0.15, 0.2) is 54.7 Å². The molecule has 176 valence electrons. The Morgan fingerprint density at radius 1 is 1.06 bits per heavy atom. The summed E-state index contributed by atoms with van der Waals surface area (Å²) in [6.45, 7) is 2.47. The van der Waals surface area contributed by atoms with Gasteiger partial charge in [0.15, 0.2) is 0 Å². The van der Waals surface area contributed by atoms with Gasteiger partial charge in [0.05, 0.1) is 12.7 Å². The van der Waals surface area contributed by atoms with Crippen LogP contribution in [0.2, 0.25) is 0 Å². The highest BCUT2D eigenvalue weighted by Crippen LogP contribution is 2.44. The van der Waals surface area contributed by atoms with Crippen LogP contribution in [0.4, 0.5) is 4.79 Å². The van der Waals surface area contributed by atoms with Crippen LogP contribution in [0, 0.1) is 5.92 Å². The maximum atomic E-state index is 12.3. The fourth-order valence-electron chi connectivity index (χ4n) is 4.00. The molecule has 0 spiro atoms. The monoisotopic (exact) mass is 479 g/mol. The lowest BCUT2D eigenvalue weighted by Crippen LogP contribution is -2.33. The topological polar surface area (TPSA) is 118 Å². The third kappa shape index (κ3) is 5.26. The van der Waals surface area contributed by atoms with Gasteiger partial charge >= 0.3 is 12.1 Å². The van der Waals surface area contributed by atoms with E-state index in [9.17, 15) is 14.4 Å². The van der Waals surface area contributed by atoms with E-state index >= 15 is 0 Å². The summed E-state index contributed by atoms with van der Waals surface area (Å²) in [5.41, 5.74) is 4.64. The summed E-state index contributed by atoms with van der Waals surface area (Å²) < 4.78 is 5.50. The first-order chi connectivity index (χ1) is 16.4. The summed E-state index contributed by atoms with van der Waals surface area (Å²) in [5.74, 6) is -1.58. The van der Waals surface area contributed by atoms with E-state index < -0.39 is 12.1 Å². The summed E-state index contributed by atoms with van der Waals surface area (Å²) in [6, 6.07) is 16.3. The van der Waals surface area contributed by atoms with Crippen LogP contribution >= 0.6 is 11.3 Å². The number of carbonyl (C=O) groups excluding carboxylic acids is 2. The van der Waals surface area contributed by atoms with Gasteiger partial charge in [-0.2, -0.15) is 0 Å². The molecule has 1 atom stereocenters. The third-order valence-corrected chi connectivity index (χ3v) is 6.80. The zero-order valence-electron chi connectivity index (χ0n) is 18.6. The number of rotatable bonds is 9. The molecule has 1 aliphatic rings. The number of ether oxygens (including phenoxy) is 1. The summed E-state index contributed by atoms with van der Waals surface area (Å²) in [4.78, 5) is 39.5. The number of benzene rings is 2. The molecule has 0 radical (unpaired) electrons. The van der Waals surface area contributed by atoms with Gasteiger partial charge in [-0.1, -0.05) is 55.5 Å². The Bertz CT molecular complexity index is 1160. The molecule has 0 aliphatic heterocycles. The van der Waals surface area contributed by atoms with Crippen molar-refractivity contribution in [1.29, 1.82) is 0 Å². The first kappa shape index (κ1) is 23.4. The molecule has 2 aromatic carbocycles. The molecule has 34 heavy (non-hydrogen) atoms. The van der Waals surface area contributed by atoms with E-state index in [1.165, 1.54) is 17.3 Å². The SMILES string of the molecule is CC(CCNC(=O)OCC1c2ccccc2-c2ccccc21)C(=O)NCc1ncc(C(=O)O)s1. The van der Waals surface area contributed by atoms with Crippen LogP contribution in [-0.2, 0) is 16.1 Å². The van der Waals surface area contributed by atoms with Gasteiger partial charge < -0.3 is 20.5 Å². The lowest BCUT2D eigenvalue weighted by Gasteiger charge is -2.15. The fourth-order valence-corrected chi connectivity index (χ4v) is 4.70. The Balaban J connectivity index is 1.20. The minimum Gasteiger partial charge on any atom is -0.477 e. The molecule has 2 amide bonds. The van der Waals surface area contributed by atoms with E-state index in [1.54, 1.807) is 6.92 Å². The van der Waals surface area contributed by atoms with Gasteiger partial charge in [0.1, 0.15) is 16.5 Å².